The van der Waals surface area contributed by atoms with Crippen LogP contribution in [0, 0.1) is 22.6 Å². The minimum Gasteiger partial charge on any atom is -0.382 e. The minimum absolute atomic E-state index is 0.0446. The second-order valence-electron chi connectivity index (χ2n) is 21.3. The Hall–Kier alpha value is -6.99. The topological polar surface area (TPSA) is 245 Å². The number of nitriles is 1. The summed E-state index contributed by atoms with van der Waals surface area (Å²) in [4.78, 5) is 80.1. The maximum absolute atomic E-state index is 14.8. The number of ether oxygens (including phenoxy) is 2. The van der Waals surface area contributed by atoms with E-state index in [1.807, 2.05) is 64.1 Å². The number of halogens is 1. The van der Waals surface area contributed by atoms with E-state index in [2.05, 4.69) is 37.2 Å². The van der Waals surface area contributed by atoms with E-state index < -0.39 is 29.4 Å². The van der Waals surface area contributed by atoms with Gasteiger partial charge in [-0.2, -0.15) is 10.4 Å². The Labute approximate surface area is 451 Å². The Morgan fingerprint density at radius 3 is 2.48 bits per heavy atom. The van der Waals surface area contributed by atoms with Gasteiger partial charge >= 0.3 is 0 Å². The summed E-state index contributed by atoms with van der Waals surface area (Å²) in [6.07, 6.45) is 4.22. The van der Waals surface area contributed by atoms with E-state index in [1.165, 1.54) is 23.1 Å². The van der Waals surface area contributed by atoms with Gasteiger partial charge in [-0.15, -0.1) is 0 Å². The molecule has 20 nitrogen and oxygen atoms in total. The molecule has 0 radical (unpaired) electrons. The van der Waals surface area contributed by atoms with Crippen molar-refractivity contribution in [3.05, 3.63) is 94.7 Å². The van der Waals surface area contributed by atoms with Crippen LogP contribution in [-0.2, 0) is 41.7 Å². The highest BCUT2D eigenvalue weighted by Gasteiger charge is 2.45. The SMILES string of the molecule is CC[C@H](NC(=O)[C@H]1C[C@@H](NCCOCCOCCC(=O)N(C)CCn2nc3c(c2C#N)-c2cnc(N)c(c2)N2CCC[C@@H]2c2cc(F)ccc2C(=O)N(C)C3)CN1C(=O)[C@H](NC(=O)[C@@H](C)NC)C(C)(C)C)c1ccccc1. The summed E-state index contributed by atoms with van der Waals surface area (Å²) in [6.45, 7) is 12.2. The van der Waals surface area contributed by atoms with Gasteiger partial charge in [0, 0.05) is 69.2 Å². The first kappa shape index (κ1) is 57.7. The molecular weight excluding hydrogens is 986 g/mol. The van der Waals surface area contributed by atoms with Gasteiger partial charge < -0.3 is 56.1 Å². The normalized spacial score (nSPS) is 18.5. The van der Waals surface area contributed by atoms with Crippen LogP contribution in [0.3, 0.4) is 0 Å². The van der Waals surface area contributed by atoms with Gasteiger partial charge in [-0.25, -0.2) is 9.37 Å². The average molecular weight is 1060 g/mol. The first-order valence-corrected chi connectivity index (χ1v) is 26.7. The Bertz CT molecular complexity index is 2780. The highest BCUT2D eigenvalue weighted by molar-refractivity contribution is 5.96. The summed E-state index contributed by atoms with van der Waals surface area (Å²) in [5, 5.41) is 27.9. The van der Waals surface area contributed by atoms with Crippen molar-refractivity contribution in [2.75, 3.05) is 84.4 Å². The van der Waals surface area contributed by atoms with Gasteiger partial charge in [0.1, 0.15) is 35.5 Å². The average Bonchev–Trinajstić information content (AvgIpc) is 4.19. The molecule has 2 bridgehead atoms. The second-order valence-corrected chi connectivity index (χ2v) is 21.3. The first-order valence-electron chi connectivity index (χ1n) is 26.7. The number of carbonyl (C=O) groups excluding carboxylic acids is 5. The molecule has 0 unspecified atom stereocenters. The molecule has 2 aromatic carbocycles. The van der Waals surface area contributed by atoms with Gasteiger partial charge in [0.2, 0.25) is 23.6 Å². The van der Waals surface area contributed by atoms with Crippen LogP contribution in [0.4, 0.5) is 15.9 Å². The third-order valence-corrected chi connectivity index (χ3v) is 14.8. The molecule has 0 aliphatic carbocycles. The van der Waals surface area contributed by atoms with Crippen molar-refractivity contribution in [2.24, 2.45) is 5.41 Å². The maximum Gasteiger partial charge on any atom is 0.254 e. The number of hydrogen-bond donors (Lipinski definition) is 5. The lowest BCUT2D eigenvalue weighted by atomic mass is 9.85. The minimum atomic E-state index is -0.874. The van der Waals surface area contributed by atoms with E-state index in [1.54, 1.807) is 48.7 Å². The van der Waals surface area contributed by atoms with Crippen LogP contribution in [0.2, 0.25) is 0 Å². The van der Waals surface area contributed by atoms with Gasteiger partial charge in [0.25, 0.3) is 5.91 Å². The molecule has 414 valence electrons. The number of hydrogen-bond acceptors (Lipinski definition) is 14. The van der Waals surface area contributed by atoms with Crippen LogP contribution in [0.15, 0.2) is 60.8 Å². The first-order chi connectivity index (χ1) is 36.8. The van der Waals surface area contributed by atoms with E-state index in [0.29, 0.717) is 72.6 Å². The molecule has 77 heavy (non-hydrogen) atoms. The number of nitrogens with one attached hydrogen (secondary N) is 4. The number of anilines is 2. The number of aromatic nitrogens is 3. The van der Waals surface area contributed by atoms with Crippen LogP contribution in [0.5, 0.6) is 0 Å². The summed E-state index contributed by atoms with van der Waals surface area (Å²) in [6, 6.07) is 15.2. The molecule has 0 spiro atoms. The quantitative estimate of drug-likeness (QED) is 0.0731. The molecule has 0 saturated carbocycles. The molecule has 7 rings (SSSR count). The summed E-state index contributed by atoms with van der Waals surface area (Å²) >= 11 is 0. The van der Waals surface area contributed by atoms with Gasteiger partial charge in [-0.05, 0) is 80.5 Å². The number of carbonyl (C=O) groups is 5. The zero-order valence-electron chi connectivity index (χ0n) is 45.7. The zero-order valence-corrected chi connectivity index (χ0v) is 45.7. The van der Waals surface area contributed by atoms with Crippen molar-refractivity contribution < 1.29 is 37.8 Å². The standard InChI is InChI=1S/C56H76FN13O7/c1-9-42(36-14-11-10-12-15-36)63-53(73)46-30-39(33-69(46)55(75)50(56(3,4)5)64-52(72)35(2)60-6)61-20-25-77-27-26-76-24-19-48(71)66(7)22-23-70-47(31-58)49-37-28-45(51(59)62-32-37)68-21-13-16-44(68)41-29-38(57)17-18-40(41)54(74)67(8)34-43(49)65-70/h10-12,14-15,17-18,28-29,32,35,39,42,44,46,50,60-61H,9,13,16,19-27,30,33-34H2,1-8H3,(H2,59,62)(H,63,73)(H,64,72)/t35-,39-,42+,44-,46-,50+/m1/s1. The van der Waals surface area contributed by atoms with Crippen molar-refractivity contribution >= 4 is 41.0 Å². The van der Waals surface area contributed by atoms with Crippen LogP contribution < -0.4 is 31.9 Å². The summed E-state index contributed by atoms with van der Waals surface area (Å²) in [5.41, 5.74) is 10.2. The monoisotopic (exact) mass is 1060 g/mol. The van der Waals surface area contributed by atoms with Crippen LogP contribution in [0.1, 0.15) is 112 Å². The number of likely N-dealkylation sites (tertiary alicyclic amines) is 1. The van der Waals surface area contributed by atoms with Gasteiger partial charge in [-0.3, -0.25) is 28.7 Å². The van der Waals surface area contributed by atoms with Crippen molar-refractivity contribution in [3.63, 3.8) is 0 Å². The number of nitrogens with zero attached hydrogens (tertiary/aromatic N) is 8. The third kappa shape index (κ3) is 13.8. The highest BCUT2D eigenvalue weighted by atomic mass is 19.1. The lowest BCUT2D eigenvalue weighted by molar-refractivity contribution is -0.144. The van der Waals surface area contributed by atoms with Crippen molar-refractivity contribution in [2.45, 2.75) is 116 Å². The number of nitrogen functional groups attached to an aromatic ring is 1. The molecule has 2 aromatic heterocycles. The molecular formula is C56H76FN13O7. The van der Waals surface area contributed by atoms with E-state index >= 15 is 0 Å². The number of nitrogens with two attached hydrogens (primary N) is 1. The third-order valence-electron chi connectivity index (χ3n) is 14.8. The second kappa shape index (κ2) is 25.9. The maximum atomic E-state index is 14.8. The molecule has 3 aliphatic rings. The lowest BCUT2D eigenvalue weighted by Gasteiger charge is -2.36. The highest BCUT2D eigenvalue weighted by Crippen LogP contribution is 2.42. The van der Waals surface area contributed by atoms with Crippen molar-refractivity contribution in [1.82, 2.24) is 50.7 Å². The largest absolute Gasteiger partial charge is 0.382 e. The molecule has 2 saturated heterocycles. The molecule has 21 heteroatoms. The Balaban J connectivity index is 0.896. The van der Waals surface area contributed by atoms with Crippen LogP contribution in [-0.4, -0.2) is 157 Å². The van der Waals surface area contributed by atoms with Crippen molar-refractivity contribution in [1.29, 1.82) is 5.26 Å². The number of fused-ring (bicyclic) bond motifs is 8. The Morgan fingerprint density at radius 2 is 1.78 bits per heavy atom. The Kier molecular flexibility index (Phi) is 19.4. The van der Waals surface area contributed by atoms with Crippen LogP contribution in [0.25, 0.3) is 11.1 Å². The van der Waals surface area contributed by atoms with Gasteiger partial charge in [0.05, 0.1) is 75.4 Å². The molecule has 2 fully saturated rings. The fourth-order valence-electron chi connectivity index (χ4n) is 10.4. The lowest BCUT2D eigenvalue weighted by Crippen LogP contribution is -2.59. The van der Waals surface area contributed by atoms with E-state index in [4.69, 9.17) is 20.3 Å². The molecule has 3 aliphatic heterocycles. The number of likely N-dealkylation sites (N-methyl/N-ethyl adjacent to an activating group) is 2. The van der Waals surface area contributed by atoms with Crippen LogP contribution >= 0.6 is 0 Å². The number of benzene rings is 2. The molecule has 4 aromatic rings. The molecule has 6 N–H and O–H groups in total. The molecule has 6 atom stereocenters. The van der Waals surface area contributed by atoms with E-state index in [-0.39, 0.29) is 112 Å². The van der Waals surface area contributed by atoms with Gasteiger partial charge in [-0.1, -0.05) is 58.0 Å². The Morgan fingerprint density at radius 1 is 1.04 bits per heavy atom. The summed E-state index contributed by atoms with van der Waals surface area (Å²) in [7, 11) is 5.00. The fourth-order valence-corrected chi connectivity index (χ4v) is 10.4. The predicted octanol–water partition coefficient (Wildman–Crippen LogP) is 4.31. The van der Waals surface area contributed by atoms with Gasteiger partial charge in [0.15, 0.2) is 0 Å². The summed E-state index contributed by atoms with van der Waals surface area (Å²) in [5.74, 6) is -1.53. The number of pyridine rings is 1. The van der Waals surface area contributed by atoms with E-state index in [9.17, 15) is 33.6 Å². The molecule has 5 amide bonds. The number of amides is 5. The number of rotatable bonds is 21. The zero-order chi connectivity index (χ0) is 55.6. The predicted molar refractivity (Wildman–Crippen MR) is 289 cm³/mol. The smallest absolute Gasteiger partial charge is 0.254 e. The van der Waals surface area contributed by atoms with Crippen molar-refractivity contribution in [3.8, 4) is 17.2 Å². The summed E-state index contributed by atoms with van der Waals surface area (Å²) < 4.78 is 27.9. The fraction of sp³-hybridized carbons (Fsp3) is 0.536. The van der Waals surface area contributed by atoms with E-state index in [0.717, 1.165) is 12.0 Å². The molecule has 5 heterocycles.